The van der Waals surface area contributed by atoms with E-state index >= 15 is 0 Å². The first-order chi connectivity index (χ1) is 12.9. The summed E-state index contributed by atoms with van der Waals surface area (Å²) in [5, 5.41) is 3.07. The SMILES string of the molecule is Fc1c(OCc2cc(-c3ccccc3)c(C(F)(F)F)s2)ccc2c1CCN2. The molecule has 0 fully saturated rings. The molecule has 0 bridgehead atoms. The van der Waals surface area contributed by atoms with Crippen molar-refractivity contribution in [2.75, 3.05) is 11.9 Å². The van der Waals surface area contributed by atoms with E-state index in [1.54, 1.807) is 36.4 Å². The molecule has 0 saturated heterocycles. The predicted octanol–water partition coefficient (Wildman–Crippen LogP) is 6.12. The minimum Gasteiger partial charge on any atom is -0.485 e. The summed E-state index contributed by atoms with van der Waals surface area (Å²) in [5.74, 6) is -0.394. The highest BCUT2D eigenvalue weighted by atomic mass is 32.1. The first-order valence-electron chi connectivity index (χ1n) is 8.37. The van der Waals surface area contributed by atoms with Gasteiger partial charge in [-0.2, -0.15) is 13.2 Å². The molecule has 2 aromatic carbocycles. The van der Waals surface area contributed by atoms with Crippen molar-refractivity contribution in [3.63, 3.8) is 0 Å². The Morgan fingerprint density at radius 2 is 1.85 bits per heavy atom. The third kappa shape index (κ3) is 3.51. The number of ether oxygens (including phenoxy) is 1. The fourth-order valence-corrected chi connectivity index (χ4v) is 4.11. The van der Waals surface area contributed by atoms with Crippen LogP contribution in [0.25, 0.3) is 11.1 Å². The van der Waals surface area contributed by atoms with E-state index in [0.29, 0.717) is 40.3 Å². The zero-order valence-electron chi connectivity index (χ0n) is 14.1. The number of alkyl halides is 3. The summed E-state index contributed by atoms with van der Waals surface area (Å²) < 4.78 is 60.3. The van der Waals surface area contributed by atoms with Gasteiger partial charge in [0.1, 0.15) is 11.5 Å². The second kappa shape index (κ2) is 6.88. The number of thiophene rings is 1. The number of hydrogen-bond donors (Lipinski definition) is 1. The van der Waals surface area contributed by atoms with Gasteiger partial charge in [-0.25, -0.2) is 4.39 Å². The van der Waals surface area contributed by atoms with Gasteiger partial charge in [-0.05, 0) is 30.2 Å². The van der Waals surface area contributed by atoms with Gasteiger partial charge in [-0.15, -0.1) is 11.3 Å². The zero-order valence-corrected chi connectivity index (χ0v) is 14.9. The van der Waals surface area contributed by atoms with Crippen LogP contribution in [0.3, 0.4) is 0 Å². The van der Waals surface area contributed by atoms with Crippen molar-refractivity contribution in [2.24, 2.45) is 0 Å². The van der Waals surface area contributed by atoms with Crippen LogP contribution in [0, 0.1) is 5.82 Å². The van der Waals surface area contributed by atoms with Crippen LogP contribution in [-0.2, 0) is 19.2 Å². The van der Waals surface area contributed by atoms with E-state index in [1.165, 1.54) is 12.1 Å². The van der Waals surface area contributed by atoms with Crippen LogP contribution < -0.4 is 10.1 Å². The van der Waals surface area contributed by atoms with Gasteiger partial charge >= 0.3 is 6.18 Å². The Balaban J connectivity index is 1.61. The van der Waals surface area contributed by atoms with E-state index in [9.17, 15) is 17.6 Å². The first kappa shape index (κ1) is 17.9. The number of benzene rings is 2. The lowest BCUT2D eigenvalue weighted by molar-refractivity contribution is -0.133. The Labute approximate surface area is 157 Å². The number of hydrogen-bond acceptors (Lipinski definition) is 3. The maximum atomic E-state index is 14.5. The molecular formula is C20H15F4NOS. The van der Waals surface area contributed by atoms with Crippen LogP contribution in [0.4, 0.5) is 23.2 Å². The topological polar surface area (TPSA) is 21.3 Å². The second-order valence-corrected chi connectivity index (χ2v) is 7.33. The summed E-state index contributed by atoms with van der Waals surface area (Å²) in [7, 11) is 0. The summed E-state index contributed by atoms with van der Waals surface area (Å²) in [6.07, 6.45) is -3.90. The average molecular weight is 393 g/mol. The van der Waals surface area contributed by atoms with Crippen LogP contribution in [0.5, 0.6) is 5.75 Å². The second-order valence-electron chi connectivity index (χ2n) is 6.19. The quantitative estimate of drug-likeness (QED) is 0.539. The molecule has 3 aromatic rings. The summed E-state index contributed by atoms with van der Waals surface area (Å²) in [6.45, 7) is 0.541. The highest BCUT2D eigenvalue weighted by molar-refractivity contribution is 7.12. The van der Waals surface area contributed by atoms with Gasteiger partial charge in [0.25, 0.3) is 0 Å². The fraction of sp³-hybridized carbons (Fsp3) is 0.200. The van der Waals surface area contributed by atoms with Gasteiger partial charge in [0, 0.05) is 28.2 Å². The molecule has 0 spiro atoms. The maximum absolute atomic E-state index is 14.5. The van der Waals surface area contributed by atoms with Crippen molar-refractivity contribution in [3.05, 3.63) is 69.7 Å². The molecule has 0 saturated carbocycles. The Bertz CT molecular complexity index is 966. The maximum Gasteiger partial charge on any atom is 0.426 e. The molecule has 0 radical (unpaired) electrons. The third-order valence-electron chi connectivity index (χ3n) is 4.39. The number of anilines is 1. The lowest BCUT2D eigenvalue weighted by Gasteiger charge is -2.09. The zero-order chi connectivity index (χ0) is 19.0. The van der Waals surface area contributed by atoms with E-state index in [1.807, 2.05) is 0 Å². The smallest absolute Gasteiger partial charge is 0.426 e. The average Bonchev–Trinajstić information content (AvgIpc) is 3.29. The van der Waals surface area contributed by atoms with Gasteiger partial charge in [-0.1, -0.05) is 30.3 Å². The molecule has 1 aromatic heterocycles. The highest BCUT2D eigenvalue weighted by Crippen LogP contribution is 2.43. The molecule has 1 aliphatic heterocycles. The standard InChI is InChI=1S/C20H15F4NOS/c21-18-14-8-9-25-16(14)6-7-17(18)26-11-13-10-15(12-4-2-1-3-5-12)19(27-13)20(22,23)24/h1-7,10,25H,8-9,11H2. The molecule has 4 rings (SSSR count). The molecular weight excluding hydrogens is 378 g/mol. The fourth-order valence-electron chi connectivity index (χ4n) is 3.15. The molecule has 140 valence electrons. The lowest BCUT2D eigenvalue weighted by atomic mass is 10.1. The highest BCUT2D eigenvalue weighted by Gasteiger charge is 2.36. The van der Waals surface area contributed by atoms with E-state index in [-0.39, 0.29) is 17.9 Å². The summed E-state index contributed by atoms with van der Waals surface area (Å²) in [4.78, 5) is -0.287. The molecule has 27 heavy (non-hydrogen) atoms. The Morgan fingerprint density at radius 3 is 2.59 bits per heavy atom. The van der Waals surface area contributed by atoms with Gasteiger partial charge in [0.05, 0.1) is 0 Å². The molecule has 1 aliphatic rings. The van der Waals surface area contributed by atoms with Crippen LogP contribution in [0.15, 0.2) is 48.5 Å². The van der Waals surface area contributed by atoms with Gasteiger partial charge in [0.15, 0.2) is 11.6 Å². The normalized spacial score (nSPS) is 13.3. The summed E-state index contributed by atoms with van der Waals surface area (Å²) in [5.41, 5.74) is 1.90. The number of halogens is 4. The molecule has 0 aliphatic carbocycles. The number of rotatable bonds is 4. The van der Waals surface area contributed by atoms with Crippen LogP contribution in [0.2, 0.25) is 0 Å². The largest absolute Gasteiger partial charge is 0.485 e. The van der Waals surface area contributed by atoms with Crippen molar-refractivity contribution < 1.29 is 22.3 Å². The van der Waals surface area contributed by atoms with Crippen molar-refractivity contribution in [1.29, 1.82) is 0 Å². The van der Waals surface area contributed by atoms with Crippen LogP contribution in [-0.4, -0.2) is 6.54 Å². The predicted molar refractivity (Wildman–Crippen MR) is 97.7 cm³/mol. The van der Waals surface area contributed by atoms with Crippen molar-refractivity contribution in [3.8, 4) is 16.9 Å². The Kier molecular flexibility index (Phi) is 4.55. The number of nitrogens with one attached hydrogen (secondary N) is 1. The van der Waals surface area contributed by atoms with Gasteiger partial charge < -0.3 is 10.1 Å². The monoisotopic (exact) mass is 393 g/mol. The Hall–Kier alpha value is -2.54. The molecule has 2 heterocycles. The van der Waals surface area contributed by atoms with Gasteiger partial charge in [-0.3, -0.25) is 0 Å². The van der Waals surface area contributed by atoms with Crippen molar-refractivity contribution in [2.45, 2.75) is 19.2 Å². The number of fused-ring (bicyclic) bond motifs is 1. The minimum atomic E-state index is -4.46. The molecule has 0 atom stereocenters. The first-order valence-corrected chi connectivity index (χ1v) is 9.18. The van der Waals surface area contributed by atoms with E-state index in [4.69, 9.17) is 4.74 Å². The third-order valence-corrected chi connectivity index (χ3v) is 5.55. The molecule has 7 heteroatoms. The lowest BCUT2D eigenvalue weighted by Crippen LogP contribution is -2.03. The van der Waals surface area contributed by atoms with E-state index < -0.39 is 16.9 Å². The minimum absolute atomic E-state index is 0.0562. The van der Waals surface area contributed by atoms with E-state index in [2.05, 4.69) is 5.32 Å². The summed E-state index contributed by atoms with van der Waals surface area (Å²) in [6, 6.07) is 13.1. The van der Waals surface area contributed by atoms with Crippen molar-refractivity contribution in [1.82, 2.24) is 0 Å². The van der Waals surface area contributed by atoms with Crippen LogP contribution >= 0.6 is 11.3 Å². The van der Waals surface area contributed by atoms with Crippen LogP contribution in [0.1, 0.15) is 15.3 Å². The molecule has 0 amide bonds. The summed E-state index contributed by atoms with van der Waals surface area (Å²) >= 11 is 0.627. The molecule has 2 nitrogen and oxygen atoms in total. The molecule has 1 N–H and O–H groups in total. The van der Waals surface area contributed by atoms with Crippen molar-refractivity contribution >= 4 is 17.0 Å². The van der Waals surface area contributed by atoms with E-state index in [0.717, 1.165) is 5.69 Å². The molecule has 0 unspecified atom stereocenters. The van der Waals surface area contributed by atoms with Gasteiger partial charge in [0.2, 0.25) is 0 Å². The Morgan fingerprint density at radius 1 is 1.07 bits per heavy atom.